The van der Waals surface area contributed by atoms with Gasteiger partial charge in [0.25, 0.3) is 11.8 Å². The van der Waals surface area contributed by atoms with Crippen molar-refractivity contribution < 1.29 is 19.1 Å². The Kier molecular flexibility index (Phi) is 11.1. The summed E-state index contributed by atoms with van der Waals surface area (Å²) in [6.07, 6.45) is 1.03. The number of nitrogens with one attached hydrogen (secondary N) is 2. The molecule has 0 aliphatic heterocycles. The molecule has 184 valence electrons. The first-order valence-electron chi connectivity index (χ1n) is 10.8. The molecule has 2 amide bonds. The normalized spacial score (nSPS) is 12.9. The SMILES string of the molecule is CCOc1ccc(Br)cc1/C=N\NC(=O)[C@@H](CC(C)C)NC(=O)[C@@H](C)Oc1ccc(Cl)cc1Cl. The molecule has 0 fully saturated rings. The molecule has 0 spiro atoms. The third-order valence-electron chi connectivity index (χ3n) is 4.56. The maximum absolute atomic E-state index is 12.8. The molecule has 7 nitrogen and oxygen atoms in total. The number of halogens is 3. The summed E-state index contributed by atoms with van der Waals surface area (Å²) < 4.78 is 12.1. The van der Waals surface area contributed by atoms with Crippen LogP contribution in [0.3, 0.4) is 0 Å². The van der Waals surface area contributed by atoms with Crippen molar-refractivity contribution in [3.8, 4) is 11.5 Å². The summed E-state index contributed by atoms with van der Waals surface area (Å²) in [7, 11) is 0. The number of hydrogen-bond acceptors (Lipinski definition) is 5. The van der Waals surface area contributed by atoms with Crippen LogP contribution in [-0.2, 0) is 9.59 Å². The minimum Gasteiger partial charge on any atom is -0.493 e. The van der Waals surface area contributed by atoms with E-state index in [1.165, 1.54) is 12.3 Å². The van der Waals surface area contributed by atoms with Gasteiger partial charge in [0.05, 0.1) is 17.8 Å². The Morgan fingerprint density at radius 2 is 1.79 bits per heavy atom. The van der Waals surface area contributed by atoms with Gasteiger partial charge in [0, 0.05) is 15.1 Å². The van der Waals surface area contributed by atoms with Gasteiger partial charge in [-0.05, 0) is 62.6 Å². The molecular formula is C24H28BrCl2N3O4. The van der Waals surface area contributed by atoms with E-state index in [4.69, 9.17) is 32.7 Å². The van der Waals surface area contributed by atoms with Crippen LogP contribution in [0, 0.1) is 5.92 Å². The van der Waals surface area contributed by atoms with Gasteiger partial charge in [-0.15, -0.1) is 0 Å². The van der Waals surface area contributed by atoms with Crippen molar-refractivity contribution in [3.63, 3.8) is 0 Å². The van der Waals surface area contributed by atoms with Crippen molar-refractivity contribution in [1.82, 2.24) is 10.7 Å². The van der Waals surface area contributed by atoms with E-state index in [1.807, 2.05) is 39.0 Å². The molecule has 0 aromatic heterocycles. The quantitative estimate of drug-likeness (QED) is 0.271. The van der Waals surface area contributed by atoms with Crippen LogP contribution in [-0.4, -0.2) is 36.8 Å². The fourth-order valence-corrected chi connectivity index (χ4v) is 3.79. The molecule has 0 heterocycles. The molecule has 0 aliphatic carbocycles. The second-order valence-electron chi connectivity index (χ2n) is 7.87. The maximum atomic E-state index is 12.8. The molecule has 10 heteroatoms. The Bertz CT molecular complexity index is 1030. The van der Waals surface area contributed by atoms with Gasteiger partial charge >= 0.3 is 0 Å². The number of ether oxygens (including phenoxy) is 2. The Balaban J connectivity index is 2.05. The first-order valence-corrected chi connectivity index (χ1v) is 12.3. The number of carbonyl (C=O) groups is 2. The van der Waals surface area contributed by atoms with E-state index in [-0.39, 0.29) is 10.9 Å². The third kappa shape index (κ3) is 8.81. The molecule has 34 heavy (non-hydrogen) atoms. The summed E-state index contributed by atoms with van der Waals surface area (Å²) in [5.41, 5.74) is 3.20. The Morgan fingerprint density at radius 3 is 2.44 bits per heavy atom. The minimum absolute atomic E-state index is 0.150. The predicted molar refractivity (Wildman–Crippen MR) is 139 cm³/mol. The summed E-state index contributed by atoms with van der Waals surface area (Å²) in [4.78, 5) is 25.5. The summed E-state index contributed by atoms with van der Waals surface area (Å²) in [6, 6.07) is 9.42. The zero-order valence-electron chi connectivity index (χ0n) is 19.4. The van der Waals surface area contributed by atoms with Crippen LogP contribution in [0.1, 0.15) is 39.7 Å². The lowest BCUT2D eigenvalue weighted by Crippen LogP contribution is -2.49. The number of hydrogen-bond donors (Lipinski definition) is 2. The molecule has 0 radical (unpaired) electrons. The van der Waals surface area contributed by atoms with E-state index < -0.39 is 24.0 Å². The van der Waals surface area contributed by atoms with E-state index >= 15 is 0 Å². The molecule has 0 aliphatic rings. The molecule has 0 saturated heterocycles. The van der Waals surface area contributed by atoms with Gasteiger partial charge < -0.3 is 14.8 Å². The van der Waals surface area contributed by atoms with Crippen molar-refractivity contribution >= 4 is 57.2 Å². The van der Waals surface area contributed by atoms with E-state index in [9.17, 15) is 9.59 Å². The van der Waals surface area contributed by atoms with Crippen LogP contribution >= 0.6 is 39.1 Å². The Hall–Kier alpha value is -2.29. The molecule has 2 atom stereocenters. The molecule has 2 aromatic carbocycles. The number of benzene rings is 2. The maximum Gasteiger partial charge on any atom is 0.262 e. The number of nitrogens with zero attached hydrogens (tertiary/aromatic N) is 1. The topological polar surface area (TPSA) is 89.0 Å². The standard InChI is InChI=1S/C24H28BrCl2N3O4/c1-5-33-21-8-6-17(25)11-16(21)13-28-30-24(32)20(10-14(2)3)29-23(31)15(4)34-22-9-7-18(26)12-19(22)27/h6-9,11-15,20H,5,10H2,1-4H3,(H,29,31)(H,30,32)/b28-13-/t15-,20-/m1/s1. The third-order valence-corrected chi connectivity index (χ3v) is 5.58. The average molecular weight is 573 g/mol. The monoisotopic (exact) mass is 571 g/mol. The zero-order valence-corrected chi connectivity index (χ0v) is 22.5. The van der Waals surface area contributed by atoms with Crippen molar-refractivity contribution in [2.75, 3.05) is 6.61 Å². The van der Waals surface area contributed by atoms with Gasteiger partial charge in [0.15, 0.2) is 6.10 Å². The lowest BCUT2D eigenvalue weighted by Gasteiger charge is -2.22. The van der Waals surface area contributed by atoms with E-state index in [2.05, 4.69) is 31.8 Å². The zero-order chi connectivity index (χ0) is 25.3. The van der Waals surface area contributed by atoms with E-state index in [0.717, 1.165) is 4.47 Å². The largest absolute Gasteiger partial charge is 0.493 e. The summed E-state index contributed by atoms with van der Waals surface area (Å²) >= 11 is 15.4. The first kappa shape index (κ1) is 28.0. The van der Waals surface area contributed by atoms with Gasteiger partial charge in [-0.1, -0.05) is 53.0 Å². The first-order chi connectivity index (χ1) is 16.1. The van der Waals surface area contributed by atoms with E-state index in [0.29, 0.717) is 35.1 Å². The molecule has 2 rings (SSSR count). The van der Waals surface area contributed by atoms with E-state index in [1.54, 1.807) is 19.1 Å². The molecule has 0 bridgehead atoms. The predicted octanol–water partition coefficient (Wildman–Crippen LogP) is 5.60. The molecular weight excluding hydrogens is 545 g/mol. The summed E-state index contributed by atoms with van der Waals surface area (Å²) in [5.74, 6) is 0.214. The van der Waals surface area contributed by atoms with Crippen molar-refractivity contribution in [2.45, 2.75) is 46.3 Å². The number of hydrazone groups is 1. The second kappa shape index (κ2) is 13.6. The molecule has 2 aromatic rings. The average Bonchev–Trinajstić information content (AvgIpc) is 2.76. The number of carbonyl (C=O) groups excluding carboxylic acids is 2. The van der Waals surface area contributed by atoms with Gasteiger partial charge in [0.1, 0.15) is 17.5 Å². The lowest BCUT2D eigenvalue weighted by molar-refractivity contribution is -0.132. The highest BCUT2D eigenvalue weighted by atomic mass is 79.9. The second-order valence-corrected chi connectivity index (χ2v) is 9.63. The van der Waals surface area contributed by atoms with Gasteiger partial charge in [-0.25, -0.2) is 5.43 Å². The van der Waals surface area contributed by atoms with Crippen LogP contribution in [0.4, 0.5) is 0 Å². The smallest absolute Gasteiger partial charge is 0.262 e. The molecule has 0 saturated carbocycles. The fourth-order valence-electron chi connectivity index (χ4n) is 2.96. The van der Waals surface area contributed by atoms with Crippen LogP contribution in [0.2, 0.25) is 10.0 Å². The highest BCUT2D eigenvalue weighted by Crippen LogP contribution is 2.28. The number of amides is 2. The van der Waals surface area contributed by atoms with Gasteiger partial charge in [-0.2, -0.15) is 5.10 Å². The van der Waals surface area contributed by atoms with Crippen LogP contribution in [0.15, 0.2) is 46.0 Å². The van der Waals surface area contributed by atoms with Crippen molar-refractivity contribution in [2.24, 2.45) is 11.0 Å². The fraction of sp³-hybridized carbons (Fsp3) is 0.375. The summed E-state index contributed by atoms with van der Waals surface area (Å²) in [6.45, 7) is 7.87. The Labute approximate surface area is 218 Å². The summed E-state index contributed by atoms with van der Waals surface area (Å²) in [5, 5.41) is 7.54. The Morgan fingerprint density at radius 1 is 1.09 bits per heavy atom. The lowest BCUT2D eigenvalue weighted by atomic mass is 10.0. The van der Waals surface area contributed by atoms with Crippen LogP contribution in [0.5, 0.6) is 11.5 Å². The van der Waals surface area contributed by atoms with Crippen LogP contribution < -0.4 is 20.2 Å². The highest BCUT2D eigenvalue weighted by Gasteiger charge is 2.25. The van der Waals surface area contributed by atoms with Gasteiger partial charge in [-0.3, -0.25) is 9.59 Å². The van der Waals surface area contributed by atoms with Crippen LogP contribution in [0.25, 0.3) is 0 Å². The number of rotatable bonds is 11. The van der Waals surface area contributed by atoms with Gasteiger partial charge in [0.2, 0.25) is 0 Å². The highest BCUT2D eigenvalue weighted by molar-refractivity contribution is 9.10. The minimum atomic E-state index is -0.889. The van der Waals surface area contributed by atoms with Crippen molar-refractivity contribution in [1.29, 1.82) is 0 Å². The molecule has 2 N–H and O–H groups in total. The molecule has 0 unspecified atom stereocenters. The van der Waals surface area contributed by atoms with Crippen molar-refractivity contribution in [3.05, 3.63) is 56.5 Å².